The molecule has 1 amide bonds. The van der Waals surface area contributed by atoms with E-state index in [9.17, 15) is 4.79 Å². The van der Waals surface area contributed by atoms with Gasteiger partial charge in [-0.15, -0.1) is 0 Å². The molecule has 0 bridgehead atoms. The Morgan fingerprint density at radius 3 is 2.50 bits per heavy atom. The van der Waals surface area contributed by atoms with Crippen molar-refractivity contribution in [3.63, 3.8) is 0 Å². The molecule has 9 heteroatoms. The number of benzene rings is 1. The molecule has 2 aromatic heterocycles. The normalized spacial score (nSPS) is 11.0. The van der Waals surface area contributed by atoms with Gasteiger partial charge >= 0.3 is 6.09 Å². The molecule has 0 aliphatic carbocycles. The largest absolute Gasteiger partial charge is 0.444 e. The highest BCUT2D eigenvalue weighted by Crippen LogP contribution is 2.23. The number of H-pyrrole nitrogens is 1. The number of nitrogens with one attached hydrogen (secondary N) is 2. The molecule has 9 nitrogen and oxygen atoms in total. The molecular formula is C17H18N6O3. The maximum Gasteiger partial charge on any atom is 0.412 e. The maximum absolute atomic E-state index is 11.8. The van der Waals surface area contributed by atoms with E-state index in [-0.39, 0.29) is 0 Å². The number of hydrogen-bond donors (Lipinski definition) is 2. The Balaban J connectivity index is 1.65. The van der Waals surface area contributed by atoms with Crippen molar-refractivity contribution in [1.29, 1.82) is 0 Å². The fourth-order valence-electron chi connectivity index (χ4n) is 2.00. The van der Waals surface area contributed by atoms with Crippen LogP contribution in [0.3, 0.4) is 0 Å². The second-order valence-corrected chi connectivity index (χ2v) is 6.33. The van der Waals surface area contributed by atoms with Crippen LogP contribution in [-0.2, 0) is 4.74 Å². The number of anilines is 1. The van der Waals surface area contributed by atoms with Gasteiger partial charge in [0.05, 0.1) is 0 Å². The van der Waals surface area contributed by atoms with Crippen molar-refractivity contribution in [1.82, 2.24) is 25.1 Å². The van der Waals surface area contributed by atoms with Gasteiger partial charge in [0.2, 0.25) is 5.88 Å². The van der Waals surface area contributed by atoms with Crippen LogP contribution in [0.1, 0.15) is 20.8 Å². The van der Waals surface area contributed by atoms with Crippen LogP contribution in [0.15, 0.2) is 43.0 Å². The van der Waals surface area contributed by atoms with E-state index in [0.29, 0.717) is 28.8 Å². The van der Waals surface area contributed by atoms with Crippen LogP contribution < -0.4 is 10.1 Å². The lowest BCUT2D eigenvalue weighted by atomic mass is 10.2. The van der Waals surface area contributed by atoms with Crippen LogP contribution in [0.2, 0.25) is 0 Å². The second-order valence-electron chi connectivity index (χ2n) is 6.33. The van der Waals surface area contributed by atoms with E-state index in [1.807, 2.05) is 0 Å². The molecule has 134 valence electrons. The molecule has 0 saturated carbocycles. The zero-order chi connectivity index (χ0) is 18.6. The minimum Gasteiger partial charge on any atom is -0.444 e. The minimum absolute atomic E-state index is 0.360. The van der Waals surface area contributed by atoms with Crippen molar-refractivity contribution in [3.8, 4) is 23.1 Å². The van der Waals surface area contributed by atoms with Gasteiger partial charge in [0.15, 0.2) is 5.82 Å². The van der Waals surface area contributed by atoms with Crippen molar-refractivity contribution >= 4 is 11.8 Å². The number of ether oxygens (including phenoxy) is 2. The summed E-state index contributed by atoms with van der Waals surface area (Å²) < 4.78 is 10.9. The summed E-state index contributed by atoms with van der Waals surface area (Å²) in [6.45, 7) is 5.41. The summed E-state index contributed by atoms with van der Waals surface area (Å²) in [6.07, 6.45) is 2.26. The first-order chi connectivity index (χ1) is 12.4. The molecule has 0 aliphatic rings. The summed E-state index contributed by atoms with van der Waals surface area (Å²) in [5.41, 5.74) is 0.605. The Labute approximate surface area is 149 Å². The van der Waals surface area contributed by atoms with Crippen LogP contribution in [-0.4, -0.2) is 36.8 Å². The monoisotopic (exact) mass is 354 g/mol. The standard InChI is InChI=1S/C17H18N6O3/c1-17(2,3)26-16(24)22-11-4-6-12(7-5-11)25-14-8-13(18-9-19-14)15-20-10-21-23-15/h4-10H,1-3H3,(H,22,24)(H,20,21,23). The molecule has 0 spiro atoms. The molecule has 1 aromatic carbocycles. The van der Waals surface area contributed by atoms with Gasteiger partial charge in [-0.2, -0.15) is 5.10 Å². The number of hydrogen-bond acceptors (Lipinski definition) is 7. The topological polar surface area (TPSA) is 115 Å². The van der Waals surface area contributed by atoms with E-state index in [0.717, 1.165) is 0 Å². The van der Waals surface area contributed by atoms with E-state index in [2.05, 4.69) is 30.5 Å². The Kier molecular flexibility index (Phi) is 4.78. The van der Waals surface area contributed by atoms with E-state index in [1.165, 1.54) is 12.7 Å². The summed E-state index contributed by atoms with van der Waals surface area (Å²) >= 11 is 0. The number of nitrogens with zero attached hydrogens (tertiary/aromatic N) is 4. The van der Waals surface area contributed by atoms with Crippen molar-refractivity contribution in [2.75, 3.05) is 5.32 Å². The van der Waals surface area contributed by atoms with Gasteiger partial charge in [-0.1, -0.05) is 0 Å². The number of carbonyl (C=O) groups is 1. The van der Waals surface area contributed by atoms with Gasteiger partial charge < -0.3 is 9.47 Å². The fraction of sp³-hybridized carbons (Fsp3) is 0.235. The minimum atomic E-state index is -0.554. The summed E-state index contributed by atoms with van der Waals surface area (Å²) in [6, 6.07) is 8.48. The van der Waals surface area contributed by atoms with Crippen LogP contribution in [0.4, 0.5) is 10.5 Å². The SMILES string of the molecule is CC(C)(C)OC(=O)Nc1ccc(Oc2cc(-c3ncn[nH]3)ncn2)cc1. The molecule has 0 fully saturated rings. The van der Waals surface area contributed by atoms with Crippen molar-refractivity contribution in [2.45, 2.75) is 26.4 Å². The number of amides is 1. The summed E-state index contributed by atoms with van der Waals surface area (Å²) in [5, 5.41) is 9.17. The van der Waals surface area contributed by atoms with Crippen molar-refractivity contribution < 1.29 is 14.3 Å². The molecular weight excluding hydrogens is 336 g/mol. The van der Waals surface area contributed by atoms with Gasteiger partial charge in [-0.05, 0) is 45.0 Å². The fourth-order valence-corrected chi connectivity index (χ4v) is 2.00. The molecule has 26 heavy (non-hydrogen) atoms. The molecule has 2 heterocycles. The molecule has 2 N–H and O–H groups in total. The Hall–Kier alpha value is -3.49. The predicted octanol–water partition coefficient (Wildman–Crippen LogP) is 3.40. The van der Waals surface area contributed by atoms with Gasteiger partial charge in [0.1, 0.15) is 29.7 Å². The van der Waals surface area contributed by atoms with Crippen molar-refractivity contribution in [2.24, 2.45) is 0 Å². The molecule has 0 unspecified atom stereocenters. The quantitative estimate of drug-likeness (QED) is 0.737. The van der Waals surface area contributed by atoms with Crippen LogP contribution in [0.5, 0.6) is 11.6 Å². The summed E-state index contributed by atoms with van der Waals surface area (Å²) in [5.74, 6) is 1.44. The molecule has 3 rings (SSSR count). The van der Waals surface area contributed by atoms with Crippen LogP contribution >= 0.6 is 0 Å². The summed E-state index contributed by atoms with van der Waals surface area (Å²) in [7, 11) is 0. The highest BCUT2D eigenvalue weighted by molar-refractivity contribution is 5.84. The first-order valence-electron chi connectivity index (χ1n) is 7.85. The average molecular weight is 354 g/mol. The van der Waals surface area contributed by atoms with E-state index in [1.54, 1.807) is 51.1 Å². The summed E-state index contributed by atoms with van der Waals surface area (Å²) in [4.78, 5) is 24.0. The third kappa shape index (κ3) is 4.76. The first kappa shape index (κ1) is 17.3. The molecule has 0 atom stereocenters. The van der Waals surface area contributed by atoms with Crippen LogP contribution in [0, 0.1) is 0 Å². The van der Waals surface area contributed by atoms with E-state index in [4.69, 9.17) is 9.47 Å². The van der Waals surface area contributed by atoms with Gasteiger partial charge in [0.25, 0.3) is 0 Å². The number of aromatic amines is 1. The Bertz CT molecular complexity index is 872. The predicted molar refractivity (Wildman–Crippen MR) is 93.8 cm³/mol. The van der Waals surface area contributed by atoms with Crippen LogP contribution in [0.25, 0.3) is 11.5 Å². The molecule has 3 aromatic rings. The van der Waals surface area contributed by atoms with Crippen molar-refractivity contribution in [3.05, 3.63) is 43.0 Å². The third-order valence-electron chi connectivity index (χ3n) is 3.02. The lowest BCUT2D eigenvalue weighted by Gasteiger charge is -2.19. The number of rotatable bonds is 4. The molecule has 0 saturated heterocycles. The van der Waals surface area contributed by atoms with Gasteiger partial charge in [0, 0.05) is 11.8 Å². The first-order valence-corrected chi connectivity index (χ1v) is 7.85. The lowest BCUT2D eigenvalue weighted by Crippen LogP contribution is -2.27. The Morgan fingerprint density at radius 2 is 1.85 bits per heavy atom. The zero-order valence-corrected chi connectivity index (χ0v) is 14.6. The third-order valence-corrected chi connectivity index (χ3v) is 3.02. The highest BCUT2D eigenvalue weighted by Gasteiger charge is 2.16. The molecule has 0 radical (unpaired) electrons. The maximum atomic E-state index is 11.8. The van der Waals surface area contributed by atoms with E-state index >= 15 is 0 Å². The lowest BCUT2D eigenvalue weighted by molar-refractivity contribution is 0.0636. The number of carbonyl (C=O) groups excluding carboxylic acids is 1. The average Bonchev–Trinajstić information content (AvgIpc) is 3.10. The zero-order valence-electron chi connectivity index (χ0n) is 14.6. The Morgan fingerprint density at radius 1 is 1.08 bits per heavy atom. The smallest absolute Gasteiger partial charge is 0.412 e. The molecule has 0 aliphatic heterocycles. The van der Waals surface area contributed by atoms with Gasteiger partial charge in [-0.25, -0.2) is 19.7 Å². The van der Waals surface area contributed by atoms with Gasteiger partial charge in [-0.3, -0.25) is 10.4 Å². The van der Waals surface area contributed by atoms with E-state index < -0.39 is 11.7 Å². The number of aromatic nitrogens is 5. The highest BCUT2D eigenvalue weighted by atomic mass is 16.6. The second kappa shape index (κ2) is 7.18.